The van der Waals surface area contributed by atoms with E-state index in [4.69, 9.17) is 10.5 Å². The molecule has 5 nitrogen and oxygen atoms in total. The second kappa shape index (κ2) is 5.18. The number of nitrogens with one attached hydrogen (secondary N) is 1. The Morgan fingerprint density at radius 2 is 2.17 bits per heavy atom. The summed E-state index contributed by atoms with van der Waals surface area (Å²) in [6.45, 7) is 6.18. The predicted octanol–water partition coefficient (Wildman–Crippen LogP) is 2.33. The summed E-state index contributed by atoms with van der Waals surface area (Å²) in [5.41, 5.74) is 7.77. The smallest absolute Gasteiger partial charge is 0.148 e. The van der Waals surface area contributed by atoms with Gasteiger partial charge in [-0.25, -0.2) is 4.68 Å². The molecule has 2 atom stereocenters. The summed E-state index contributed by atoms with van der Waals surface area (Å²) in [6.07, 6.45) is 3.65. The third kappa shape index (κ3) is 2.46. The summed E-state index contributed by atoms with van der Waals surface area (Å²) >= 11 is 0. The SMILES string of the molecule is COC1CCC(Nc2c(N)c(C)nn2C(C)C)C1. The number of nitrogens with zero attached hydrogens (tertiary/aromatic N) is 2. The number of anilines is 2. The van der Waals surface area contributed by atoms with Crippen molar-refractivity contribution in [3.63, 3.8) is 0 Å². The molecule has 1 aliphatic carbocycles. The number of nitrogens with two attached hydrogens (primary N) is 1. The highest BCUT2D eigenvalue weighted by atomic mass is 16.5. The molecule has 5 heteroatoms. The average Bonchev–Trinajstić information content (AvgIpc) is 2.89. The quantitative estimate of drug-likeness (QED) is 0.863. The van der Waals surface area contributed by atoms with Gasteiger partial charge < -0.3 is 15.8 Å². The van der Waals surface area contributed by atoms with Crippen LogP contribution in [-0.2, 0) is 4.74 Å². The van der Waals surface area contributed by atoms with Crippen LogP contribution in [0.5, 0.6) is 0 Å². The highest BCUT2D eigenvalue weighted by Gasteiger charge is 2.26. The van der Waals surface area contributed by atoms with E-state index in [-0.39, 0.29) is 0 Å². The number of hydrogen-bond donors (Lipinski definition) is 2. The number of nitrogen functional groups attached to an aromatic ring is 1. The molecule has 3 N–H and O–H groups in total. The lowest BCUT2D eigenvalue weighted by Crippen LogP contribution is -2.21. The Kier molecular flexibility index (Phi) is 3.80. The second-order valence-electron chi connectivity index (χ2n) is 5.40. The van der Waals surface area contributed by atoms with Crippen molar-refractivity contribution >= 4 is 11.5 Å². The van der Waals surface area contributed by atoms with Crippen molar-refractivity contribution in [2.24, 2.45) is 0 Å². The summed E-state index contributed by atoms with van der Waals surface area (Å²) in [5.74, 6) is 0.962. The molecule has 0 radical (unpaired) electrons. The summed E-state index contributed by atoms with van der Waals surface area (Å²) in [5, 5.41) is 8.03. The molecule has 2 unspecified atom stereocenters. The highest BCUT2D eigenvalue weighted by Crippen LogP contribution is 2.30. The molecule has 1 aromatic rings. The topological polar surface area (TPSA) is 65.1 Å². The third-order valence-electron chi connectivity index (χ3n) is 3.68. The van der Waals surface area contributed by atoms with Crippen molar-refractivity contribution < 1.29 is 4.74 Å². The Morgan fingerprint density at radius 3 is 2.72 bits per heavy atom. The Morgan fingerprint density at radius 1 is 1.44 bits per heavy atom. The molecule has 0 aliphatic heterocycles. The Balaban J connectivity index is 2.14. The molecule has 0 spiro atoms. The molecule has 1 saturated carbocycles. The Hall–Kier alpha value is -1.23. The van der Waals surface area contributed by atoms with Gasteiger partial charge >= 0.3 is 0 Å². The zero-order chi connectivity index (χ0) is 13.3. The van der Waals surface area contributed by atoms with Crippen molar-refractivity contribution in [3.8, 4) is 0 Å². The molecule has 2 rings (SSSR count). The van der Waals surface area contributed by atoms with Gasteiger partial charge in [-0.1, -0.05) is 0 Å². The molecule has 0 bridgehead atoms. The van der Waals surface area contributed by atoms with Crippen LogP contribution in [-0.4, -0.2) is 29.0 Å². The van der Waals surface area contributed by atoms with Crippen molar-refractivity contribution in [1.29, 1.82) is 0 Å². The van der Waals surface area contributed by atoms with Crippen LogP contribution in [0.1, 0.15) is 44.8 Å². The molecule has 18 heavy (non-hydrogen) atoms. The van der Waals surface area contributed by atoms with Crippen molar-refractivity contribution in [2.75, 3.05) is 18.2 Å². The van der Waals surface area contributed by atoms with E-state index in [0.717, 1.165) is 36.5 Å². The molecule has 0 aromatic carbocycles. The fraction of sp³-hybridized carbons (Fsp3) is 0.769. The zero-order valence-electron chi connectivity index (χ0n) is 11.7. The maximum atomic E-state index is 6.11. The molecule has 0 saturated heterocycles. The maximum absolute atomic E-state index is 6.11. The van der Waals surface area contributed by atoms with Gasteiger partial charge in [0, 0.05) is 19.2 Å². The van der Waals surface area contributed by atoms with E-state index in [2.05, 4.69) is 24.3 Å². The lowest BCUT2D eigenvalue weighted by molar-refractivity contribution is 0.108. The van der Waals surface area contributed by atoms with Gasteiger partial charge in [-0.15, -0.1) is 0 Å². The standard InChI is InChI=1S/C13H24N4O/c1-8(2)17-13(12(14)9(3)16-17)15-10-5-6-11(7-10)18-4/h8,10-11,15H,5-7,14H2,1-4H3. The van der Waals surface area contributed by atoms with Crippen LogP contribution >= 0.6 is 0 Å². The molecule has 1 fully saturated rings. The van der Waals surface area contributed by atoms with E-state index < -0.39 is 0 Å². The van der Waals surface area contributed by atoms with Gasteiger partial charge in [0.15, 0.2) is 0 Å². The second-order valence-corrected chi connectivity index (χ2v) is 5.40. The van der Waals surface area contributed by atoms with Gasteiger partial charge in [0.05, 0.1) is 17.5 Å². The molecule has 102 valence electrons. The van der Waals surface area contributed by atoms with E-state index >= 15 is 0 Å². The average molecular weight is 252 g/mol. The third-order valence-corrected chi connectivity index (χ3v) is 3.68. The Labute approximate surface area is 109 Å². The van der Waals surface area contributed by atoms with E-state index in [9.17, 15) is 0 Å². The number of ether oxygens (including phenoxy) is 1. The van der Waals surface area contributed by atoms with Gasteiger partial charge in [-0.2, -0.15) is 5.10 Å². The van der Waals surface area contributed by atoms with Gasteiger partial charge in [-0.05, 0) is 40.0 Å². The van der Waals surface area contributed by atoms with Crippen LogP contribution in [0.3, 0.4) is 0 Å². The lowest BCUT2D eigenvalue weighted by Gasteiger charge is -2.18. The number of aryl methyl sites for hydroxylation is 1. The molecule has 1 heterocycles. The fourth-order valence-electron chi connectivity index (χ4n) is 2.56. The zero-order valence-corrected chi connectivity index (χ0v) is 11.7. The van der Waals surface area contributed by atoms with Crippen LogP contribution < -0.4 is 11.1 Å². The van der Waals surface area contributed by atoms with Gasteiger partial charge in [0.2, 0.25) is 0 Å². The lowest BCUT2D eigenvalue weighted by atomic mass is 10.2. The van der Waals surface area contributed by atoms with E-state index in [1.54, 1.807) is 7.11 Å². The predicted molar refractivity (Wildman–Crippen MR) is 73.8 cm³/mol. The Bertz CT molecular complexity index is 413. The van der Waals surface area contributed by atoms with Crippen molar-refractivity contribution in [3.05, 3.63) is 5.69 Å². The fourth-order valence-corrected chi connectivity index (χ4v) is 2.56. The summed E-state index contributed by atoms with van der Waals surface area (Å²) in [6, 6.07) is 0.744. The number of rotatable bonds is 4. The van der Waals surface area contributed by atoms with Crippen LogP contribution in [0.4, 0.5) is 11.5 Å². The largest absolute Gasteiger partial charge is 0.394 e. The molecular formula is C13H24N4O. The van der Waals surface area contributed by atoms with Gasteiger partial charge in [0.25, 0.3) is 0 Å². The highest BCUT2D eigenvalue weighted by molar-refractivity contribution is 5.65. The van der Waals surface area contributed by atoms with Gasteiger partial charge in [0.1, 0.15) is 5.82 Å². The van der Waals surface area contributed by atoms with Crippen LogP contribution in [0.15, 0.2) is 0 Å². The first-order chi connectivity index (χ1) is 8.52. The van der Waals surface area contributed by atoms with Crippen molar-refractivity contribution in [2.45, 2.75) is 58.2 Å². The first-order valence-corrected chi connectivity index (χ1v) is 6.66. The minimum atomic E-state index is 0.308. The molecule has 0 amide bonds. The van der Waals surface area contributed by atoms with E-state index in [0.29, 0.717) is 18.2 Å². The number of methoxy groups -OCH3 is 1. The van der Waals surface area contributed by atoms with E-state index in [1.807, 2.05) is 11.6 Å². The summed E-state index contributed by atoms with van der Waals surface area (Å²) in [7, 11) is 1.78. The van der Waals surface area contributed by atoms with E-state index in [1.165, 1.54) is 0 Å². The van der Waals surface area contributed by atoms with Crippen LogP contribution in [0.25, 0.3) is 0 Å². The minimum absolute atomic E-state index is 0.308. The first kappa shape index (κ1) is 13.2. The number of aromatic nitrogens is 2. The molecule has 1 aliphatic rings. The molecule has 1 aromatic heterocycles. The van der Waals surface area contributed by atoms with Crippen LogP contribution in [0, 0.1) is 6.92 Å². The molecular weight excluding hydrogens is 228 g/mol. The summed E-state index contributed by atoms with van der Waals surface area (Å²) in [4.78, 5) is 0. The summed E-state index contributed by atoms with van der Waals surface area (Å²) < 4.78 is 7.38. The van der Waals surface area contributed by atoms with Crippen molar-refractivity contribution in [1.82, 2.24) is 9.78 Å². The first-order valence-electron chi connectivity index (χ1n) is 6.66. The van der Waals surface area contributed by atoms with Crippen LogP contribution in [0.2, 0.25) is 0 Å². The minimum Gasteiger partial charge on any atom is -0.394 e. The van der Waals surface area contributed by atoms with Gasteiger partial charge in [-0.3, -0.25) is 0 Å². The monoisotopic (exact) mass is 252 g/mol. The number of hydrogen-bond acceptors (Lipinski definition) is 4. The normalized spacial score (nSPS) is 23.8. The maximum Gasteiger partial charge on any atom is 0.148 e.